The van der Waals surface area contributed by atoms with E-state index in [0.29, 0.717) is 6.61 Å². The minimum atomic E-state index is -4.52. The Labute approximate surface area is 375 Å². The number of rotatable bonds is 49. The Morgan fingerprint density at radius 3 is 1.33 bits per heavy atom. The molecule has 0 aliphatic carbocycles. The molecule has 0 aliphatic rings. The fourth-order valence-corrected chi connectivity index (χ4v) is 7.98. The number of aliphatic hydroxyl groups is 2. The first kappa shape index (κ1) is 59.7. The maximum Gasteiger partial charge on any atom is 0.472 e. The third-order valence-electron chi connectivity index (χ3n) is 11.1. The molecule has 0 saturated carbocycles. The molecule has 0 rings (SSSR count). The van der Waals surface area contributed by atoms with Gasteiger partial charge in [0.05, 0.1) is 26.4 Å². The smallest absolute Gasteiger partial charge is 0.457 e. The zero-order valence-electron chi connectivity index (χ0n) is 39.6. The number of ether oxygens (including phenoxy) is 2. The molecule has 0 radical (unpaired) electrons. The van der Waals surface area contributed by atoms with E-state index in [2.05, 4.69) is 50.3 Å². The van der Waals surface area contributed by atoms with Gasteiger partial charge in [0, 0.05) is 13.0 Å². The Bertz CT molecular complexity index is 1050. The summed E-state index contributed by atoms with van der Waals surface area (Å²) in [6.45, 7) is 3.54. The van der Waals surface area contributed by atoms with Gasteiger partial charge in [0.1, 0.15) is 12.2 Å². The van der Waals surface area contributed by atoms with Crippen LogP contribution >= 0.6 is 7.82 Å². The quantitative estimate of drug-likeness (QED) is 0.0236. The number of hydrogen-bond acceptors (Lipinski definition) is 8. The molecule has 0 bridgehead atoms. The number of unbranched alkanes of at least 4 members (excludes halogenated alkanes) is 29. The van der Waals surface area contributed by atoms with Crippen LogP contribution in [-0.2, 0) is 27.9 Å². The Morgan fingerprint density at radius 2 is 0.885 bits per heavy atom. The van der Waals surface area contributed by atoms with Gasteiger partial charge in [-0.1, -0.05) is 217 Å². The fraction of sp³-hybridized carbons (Fsp3) is 0.863. The van der Waals surface area contributed by atoms with E-state index < -0.39 is 33.2 Å². The van der Waals surface area contributed by atoms with E-state index in [9.17, 15) is 19.4 Å². The van der Waals surface area contributed by atoms with Crippen LogP contribution < -0.4 is 0 Å². The van der Waals surface area contributed by atoms with Gasteiger partial charge >= 0.3 is 13.8 Å². The van der Waals surface area contributed by atoms with Crippen molar-refractivity contribution < 1.29 is 43.0 Å². The van der Waals surface area contributed by atoms with Gasteiger partial charge in [-0.15, -0.1) is 0 Å². The van der Waals surface area contributed by atoms with Gasteiger partial charge in [-0.3, -0.25) is 13.8 Å². The molecule has 0 aromatic carbocycles. The van der Waals surface area contributed by atoms with Crippen LogP contribution in [0.2, 0.25) is 0 Å². The topological polar surface area (TPSA) is 132 Å². The van der Waals surface area contributed by atoms with Crippen LogP contribution in [0, 0.1) is 0 Å². The van der Waals surface area contributed by atoms with Crippen LogP contribution in [0.1, 0.15) is 239 Å². The second-order valence-corrected chi connectivity index (χ2v) is 18.6. The average molecular weight is 885 g/mol. The average Bonchev–Trinajstić information content (AvgIpc) is 3.25. The Hall–Kier alpha value is -1.32. The zero-order valence-corrected chi connectivity index (χ0v) is 40.5. The van der Waals surface area contributed by atoms with E-state index >= 15 is 0 Å². The summed E-state index contributed by atoms with van der Waals surface area (Å²) in [4.78, 5) is 22.7. The van der Waals surface area contributed by atoms with Crippen LogP contribution in [0.5, 0.6) is 0 Å². The number of esters is 1. The molecule has 3 N–H and O–H groups in total. The predicted molar refractivity (Wildman–Crippen MR) is 256 cm³/mol. The van der Waals surface area contributed by atoms with E-state index in [1.807, 2.05) is 0 Å². The first-order valence-corrected chi connectivity index (χ1v) is 27.0. The molecule has 10 heteroatoms. The second-order valence-electron chi connectivity index (χ2n) is 17.2. The first-order valence-electron chi connectivity index (χ1n) is 25.5. The summed E-state index contributed by atoms with van der Waals surface area (Å²) < 4.78 is 33.5. The molecular formula is C51H97O9P. The third-order valence-corrected chi connectivity index (χ3v) is 12.0. The van der Waals surface area contributed by atoms with Gasteiger partial charge in [0.2, 0.25) is 0 Å². The van der Waals surface area contributed by atoms with E-state index in [0.717, 1.165) is 51.4 Å². The lowest BCUT2D eigenvalue weighted by atomic mass is 10.0. The van der Waals surface area contributed by atoms with Gasteiger partial charge in [-0.2, -0.15) is 0 Å². The lowest BCUT2D eigenvalue weighted by molar-refractivity contribution is -0.154. The highest BCUT2D eigenvalue weighted by Gasteiger charge is 2.26. The molecule has 3 unspecified atom stereocenters. The molecule has 3 atom stereocenters. The van der Waals surface area contributed by atoms with Crippen molar-refractivity contribution in [2.45, 2.75) is 251 Å². The molecule has 0 heterocycles. The molecule has 0 fully saturated rings. The van der Waals surface area contributed by atoms with Crippen LogP contribution in [0.4, 0.5) is 0 Å². The summed E-state index contributed by atoms with van der Waals surface area (Å²) in [5.41, 5.74) is 0. The van der Waals surface area contributed by atoms with E-state index in [4.69, 9.17) is 23.6 Å². The highest BCUT2D eigenvalue weighted by atomic mass is 31.2. The number of carbonyl (C=O) groups excluding carboxylic acids is 1. The van der Waals surface area contributed by atoms with Crippen molar-refractivity contribution in [2.75, 3.05) is 33.0 Å². The molecule has 0 spiro atoms. The molecule has 0 saturated heterocycles. The summed E-state index contributed by atoms with van der Waals surface area (Å²) in [5.74, 6) is -0.381. The number of phosphoric ester groups is 1. The summed E-state index contributed by atoms with van der Waals surface area (Å²) in [6.07, 6.45) is 53.9. The molecular weight excluding hydrogens is 788 g/mol. The zero-order chi connectivity index (χ0) is 44.6. The van der Waals surface area contributed by atoms with Crippen LogP contribution in [-0.4, -0.2) is 66.3 Å². The molecule has 0 amide bonds. The Balaban J connectivity index is 4.06. The van der Waals surface area contributed by atoms with Crippen molar-refractivity contribution in [3.8, 4) is 0 Å². The largest absolute Gasteiger partial charge is 0.472 e. The Kier molecular flexibility index (Phi) is 47.1. The summed E-state index contributed by atoms with van der Waals surface area (Å²) in [6, 6.07) is 0. The van der Waals surface area contributed by atoms with Crippen molar-refractivity contribution in [1.82, 2.24) is 0 Å². The molecule has 360 valence electrons. The van der Waals surface area contributed by atoms with Gasteiger partial charge in [-0.25, -0.2) is 4.57 Å². The predicted octanol–water partition coefficient (Wildman–Crippen LogP) is 14.8. The molecule has 0 aromatic rings. The van der Waals surface area contributed by atoms with Crippen molar-refractivity contribution in [1.29, 1.82) is 0 Å². The maximum absolute atomic E-state index is 12.7. The van der Waals surface area contributed by atoms with E-state index in [1.165, 1.54) is 167 Å². The van der Waals surface area contributed by atoms with Crippen molar-refractivity contribution in [3.63, 3.8) is 0 Å². The van der Waals surface area contributed by atoms with Crippen molar-refractivity contribution >= 4 is 13.8 Å². The summed E-state index contributed by atoms with van der Waals surface area (Å²) in [7, 11) is -4.52. The lowest BCUT2D eigenvalue weighted by Crippen LogP contribution is -2.29. The molecule has 61 heavy (non-hydrogen) atoms. The minimum absolute atomic E-state index is 0.0484. The van der Waals surface area contributed by atoms with Gasteiger partial charge < -0.3 is 24.6 Å². The standard InChI is InChI=1S/C51H97O9P/c1-3-5-7-9-11-13-15-17-19-21-22-23-24-25-26-27-28-30-32-34-36-38-40-42-44-57-47-50(48-59-61(55,56)58-46-49(53)45-52)60-51(54)43-41-39-37-35-33-31-29-20-18-16-14-12-10-8-6-4-2/h15,17,21-22,24-25,49-50,52-53H,3-14,16,18-20,23,26-48H2,1-2H3,(H,55,56)/b17-15-,22-21-,25-24-. The highest BCUT2D eigenvalue weighted by molar-refractivity contribution is 7.47. The van der Waals surface area contributed by atoms with Crippen LogP contribution in [0.25, 0.3) is 0 Å². The minimum Gasteiger partial charge on any atom is -0.457 e. The lowest BCUT2D eigenvalue weighted by Gasteiger charge is -2.20. The highest BCUT2D eigenvalue weighted by Crippen LogP contribution is 2.43. The van der Waals surface area contributed by atoms with Crippen LogP contribution in [0.3, 0.4) is 0 Å². The first-order chi connectivity index (χ1) is 29.8. The number of phosphoric acid groups is 1. The SMILES string of the molecule is CCCCCCC/C=C\C/C=C\C/C=C\CCCCCCCCCCCOCC(COP(=O)(O)OCC(O)CO)OC(=O)CCCCCCCCCCCCCCCCCC. The second kappa shape index (κ2) is 48.1. The Morgan fingerprint density at radius 1 is 0.508 bits per heavy atom. The molecule has 9 nitrogen and oxygen atoms in total. The number of carbonyl (C=O) groups is 1. The fourth-order valence-electron chi connectivity index (χ4n) is 7.19. The summed E-state index contributed by atoms with van der Waals surface area (Å²) >= 11 is 0. The van der Waals surface area contributed by atoms with Crippen molar-refractivity contribution in [3.05, 3.63) is 36.5 Å². The van der Waals surface area contributed by atoms with Gasteiger partial charge in [0.15, 0.2) is 0 Å². The van der Waals surface area contributed by atoms with Crippen LogP contribution in [0.15, 0.2) is 36.5 Å². The number of hydrogen-bond donors (Lipinski definition) is 3. The van der Waals surface area contributed by atoms with E-state index in [1.54, 1.807) is 0 Å². The van der Waals surface area contributed by atoms with Crippen molar-refractivity contribution in [2.24, 2.45) is 0 Å². The number of allylic oxidation sites excluding steroid dienone is 6. The monoisotopic (exact) mass is 885 g/mol. The maximum atomic E-state index is 12.7. The third kappa shape index (κ3) is 48.0. The normalized spacial score (nSPS) is 14.1. The molecule has 0 aliphatic heterocycles. The van der Waals surface area contributed by atoms with E-state index in [-0.39, 0.29) is 25.6 Å². The van der Waals surface area contributed by atoms with Gasteiger partial charge in [0.25, 0.3) is 0 Å². The van der Waals surface area contributed by atoms with Gasteiger partial charge in [-0.05, 0) is 51.4 Å². The molecule has 0 aromatic heterocycles. The number of aliphatic hydroxyl groups excluding tert-OH is 2. The summed E-state index contributed by atoms with van der Waals surface area (Å²) in [5, 5.41) is 18.4.